The van der Waals surface area contributed by atoms with Gasteiger partial charge in [-0.2, -0.15) is 5.10 Å². The molecule has 0 amide bonds. The Morgan fingerprint density at radius 3 is 2.85 bits per heavy atom. The van der Waals surface area contributed by atoms with Crippen molar-refractivity contribution in [2.24, 2.45) is 0 Å². The first kappa shape index (κ1) is 14.0. The molecule has 1 N–H and O–H groups in total. The number of aryl methyl sites for hydroxylation is 1. The molecule has 0 aliphatic heterocycles. The summed E-state index contributed by atoms with van der Waals surface area (Å²) < 4.78 is 7.00. The molecule has 0 radical (unpaired) electrons. The maximum absolute atomic E-state index is 10.9. The first-order chi connectivity index (χ1) is 9.52. The van der Waals surface area contributed by atoms with Crippen LogP contribution in [0.4, 0.5) is 0 Å². The molecule has 0 spiro atoms. The summed E-state index contributed by atoms with van der Waals surface area (Å²) in [6.45, 7) is 4.20. The molecule has 6 heteroatoms. The van der Waals surface area contributed by atoms with Crippen molar-refractivity contribution >= 4 is 5.97 Å². The average Bonchev–Trinajstić information content (AvgIpc) is 2.67. The number of rotatable bonds is 5. The number of carbonyl (C=O) groups is 1. The maximum atomic E-state index is 10.9. The van der Waals surface area contributed by atoms with Crippen LogP contribution in [0, 0.1) is 13.8 Å². The Bertz CT molecular complexity index is 635. The minimum atomic E-state index is -0.852. The molecule has 6 nitrogen and oxygen atoms in total. The van der Waals surface area contributed by atoms with Crippen molar-refractivity contribution in [3.05, 3.63) is 40.8 Å². The Hall–Kier alpha value is -2.37. The van der Waals surface area contributed by atoms with Gasteiger partial charge in [0.05, 0.1) is 25.8 Å². The molecule has 2 aromatic rings. The summed E-state index contributed by atoms with van der Waals surface area (Å²) in [6.07, 6.45) is 1.65. The Labute approximate surface area is 117 Å². The van der Waals surface area contributed by atoms with Gasteiger partial charge in [-0.05, 0) is 19.9 Å². The van der Waals surface area contributed by atoms with E-state index in [9.17, 15) is 4.79 Å². The lowest BCUT2D eigenvalue weighted by Gasteiger charge is -2.08. The molecular weight excluding hydrogens is 258 g/mol. The van der Waals surface area contributed by atoms with Gasteiger partial charge in [0, 0.05) is 23.0 Å². The SMILES string of the molecule is COc1ncccc1Cn1nc(C)c(CC(=O)O)c1C. The molecule has 0 saturated carbocycles. The third kappa shape index (κ3) is 2.79. The van der Waals surface area contributed by atoms with E-state index >= 15 is 0 Å². The lowest BCUT2D eigenvalue weighted by molar-refractivity contribution is -0.136. The highest BCUT2D eigenvalue weighted by Gasteiger charge is 2.15. The number of carboxylic acid groups (broad SMARTS) is 1. The Kier molecular flexibility index (Phi) is 4.02. The van der Waals surface area contributed by atoms with E-state index in [1.54, 1.807) is 18.0 Å². The largest absolute Gasteiger partial charge is 0.481 e. The van der Waals surface area contributed by atoms with Gasteiger partial charge >= 0.3 is 5.97 Å². The van der Waals surface area contributed by atoms with Crippen LogP contribution in [-0.2, 0) is 17.8 Å². The summed E-state index contributed by atoms with van der Waals surface area (Å²) >= 11 is 0. The quantitative estimate of drug-likeness (QED) is 0.896. The maximum Gasteiger partial charge on any atom is 0.307 e. The molecule has 0 aliphatic rings. The van der Waals surface area contributed by atoms with Crippen LogP contribution in [0.15, 0.2) is 18.3 Å². The van der Waals surface area contributed by atoms with E-state index in [1.807, 2.05) is 26.0 Å². The van der Waals surface area contributed by atoms with Crippen molar-refractivity contribution in [3.8, 4) is 5.88 Å². The van der Waals surface area contributed by atoms with Gasteiger partial charge < -0.3 is 9.84 Å². The van der Waals surface area contributed by atoms with Crippen molar-refractivity contribution in [1.82, 2.24) is 14.8 Å². The van der Waals surface area contributed by atoms with Gasteiger partial charge in [-0.15, -0.1) is 0 Å². The number of aromatic nitrogens is 3. The molecular formula is C14H17N3O3. The van der Waals surface area contributed by atoms with Gasteiger partial charge in [0.2, 0.25) is 5.88 Å². The Morgan fingerprint density at radius 2 is 2.20 bits per heavy atom. The predicted molar refractivity (Wildman–Crippen MR) is 72.9 cm³/mol. The van der Waals surface area contributed by atoms with Gasteiger partial charge in [-0.25, -0.2) is 4.98 Å². The summed E-state index contributed by atoms with van der Waals surface area (Å²) in [6, 6.07) is 3.75. The first-order valence-corrected chi connectivity index (χ1v) is 6.25. The normalized spacial score (nSPS) is 10.6. The van der Waals surface area contributed by atoms with Crippen molar-refractivity contribution in [1.29, 1.82) is 0 Å². The summed E-state index contributed by atoms with van der Waals surface area (Å²) in [4.78, 5) is 15.0. The fraction of sp³-hybridized carbons (Fsp3) is 0.357. The number of pyridine rings is 1. The number of methoxy groups -OCH3 is 1. The molecule has 2 rings (SSSR count). The number of nitrogens with zero attached hydrogens (tertiary/aromatic N) is 3. The van der Waals surface area contributed by atoms with Gasteiger partial charge in [0.15, 0.2) is 0 Å². The molecule has 2 aromatic heterocycles. The molecule has 2 heterocycles. The summed E-state index contributed by atoms with van der Waals surface area (Å²) in [5.41, 5.74) is 3.27. The molecule has 0 fully saturated rings. The molecule has 0 aliphatic carbocycles. The van der Waals surface area contributed by atoms with Crippen LogP contribution < -0.4 is 4.74 Å². The minimum Gasteiger partial charge on any atom is -0.481 e. The summed E-state index contributed by atoms with van der Waals surface area (Å²) in [5, 5.41) is 13.3. The van der Waals surface area contributed by atoms with E-state index in [2.05, 4.69) is 10.1 Å². The van der Waals surface area contributed by atoms with Crippen LogP contribution in [0.3, 0.4) is 0 Å². The first-order valence-electron chi connectivity index (χ1n) is 6.25. The Morgan fingerprint density at radius 1 is 1.45 bits per heavy atom. The Balaban J connectivity index is 2.32. The van der Waals surface area contributed by atoms with Gasteiger partial charge in [-0.3, -0.25) is 9.48 Å². The van der Waals surface area contributed by atoms with Crippen LogP contribution in [0.25, 0.3) is 0 Å². The van der Waals surface area contributed by atoms with Gasteiger partial charge in [0.1, 0.15) is 0 Å². The second-order valence-corrected chi connectivity index (χ2v) is 4.55. The zero-order valence-electron chi connectivity index (χ0n) is 11.8. The van der Waals surface area contributed by atoms with Gasteiger partial charge in [0.25, 0.3) is 0 Å². The van der Waals surface area contributed by atoms with Crippen LogP contribution in [0.5, 0.6) is 5.88 Å². The topological polar surface area (TPSA) is 77.2 Å². The number of hydrogen-bond donors (Lipinski definition) is 1. The van der Waals surface area contributed by atoms with Crippen molar-refractivity contribution < 1.29 is 14.6 Å². The molecule has 106 valence electrons. The minimum absolute atomic E-state index is 0.0121. The molecule has 0 saturated heterocycles. The second kappa shape index (κ2) is 5.73. The standard InChI is InChI=1S/C14H17N3O3/c1-9-12(7-13(18)19)10(2)17(16-9)8-11-5-4-6-15-14(11)20-3/h4-6H,7-8H2,1-3H3,(H,18,19). The monoisotopic (exact) mass is 275 g/mol. The van der Waals surface area contributed by atoms with E-state index in [4.69, 9.17) is 9.84 Å². The fourth-order valence-corrected chi connectivity index (χ4v) is 2.18. The zero-order chi connectivity index (χ0) is 14.7. The molecule has 0 bridgehead atoms. The van der Waals surface area contributed by atoms with E-state index in [-0.39, 0.29) is 6.42 Å². The number of ether oxygens (including phenoxy) is 1. The molecule has 0 aromatic carbocycles. The predicted octanol–water partition coefficient (Wildman–Crippen LogP) is 1.58. The highest BCUT2D eigenvalue weighted by molar-refractivity contribution is 5.70. The molecule has 20 heavy (non-hydrogen) atoms. The second-order valence-electron chi connectivity index (χ2n) is 4.55. The number of carboxylic acids is 1. The van der Waals surface area contributed by atoms with Crippen molar-refractivity contribution in [2.45, 2.75) is 26.8 Å². The molecule has 0 unspecified atom stereocenters. The van der Waals surface area contributed by atoms with Gasteiger partial charge in [-0.1, -0.05) is 6.07 Å². The number of hydrogen-bond acceptors (Lipinski definition) is 4. The lowest BCUT2D eigenvalue weighted by Crippen LogP contribution is -2.07. The van der Waals surface area contributed by atoms with Crippen molar-refractivity contribution in [2.75, 3.05) is 7.11 Å². The average molecular weight is 275 g/mol. The van der Waals surface area contributed by atoms with Crippen LogP contribution >= 0.6 is 0 Å². The molecule has 0 atom stereocenters. The third-order valence-electron chi connectivity index (χ3n) is 3.22. The van der Waals surface area contributed by atoms with E-state index in [0.29, 0.717) is 12.4 Å². The van der Waals surface area contributed by atoms with Crippen LogP contribution in [0.2, 0.25) is 0 Å². The van der Waals surface area contributed by atoms with E-state index in [1.165, 1.54) is 0 Å². The smallest absolute Gasteiger partial charge is 0.307 e. The summed E-state index contributed by atoms with van der Waals surface area (Å²) in [5.74, 6) is -0.297. The van der Waals surface area contributed by atoms with E-state index < -0.39 is 5.97 Å². The zero-order valence-corrected chi connectivity index (χ0v) is 11.8. The third-order valence-corrected chi connectivity index (χ3v) is 3.22. The highest BCUT2D eigenvalue weighted by atomic mass is 16.5. The highest BCUT2D eigenvalue weighted by Crippen LogP contribution is 2.19. The van der Waals surface area contributed by atoms with Crippen LogP contribution in [-0.4, -0.2) is 33.0 Å². The summed E-state index contributed by atoms with van der Waals surface area (Å²) in [7, 11) is 1.57. The van der Waals surface area contributed by atoms with E-state index in [0.717, 1.165) is 22.5 Å². The van der Waals surface area contributed by atoms with Crippen LogP contribution in [0.1, 0.15) is 22.5 Å². The fourth-order valence-electron chi connectivity index (χ4n) is 2.18. The number of aliphatic carboxylic acids is 1. The van der Waals surface area contributed by atoms with Crippen molar-refractivity contribution in [3.63, 3.8) is 0 Å². The lowest BCUT2D eigenvalue weighted by atomic mass is 10.1.